The Morgan fingerprint density at radius 1 is 1.88 bits per heavy atom. The molecule has 0 aliphatic rings. The lowest BCUT2D eigenvalue weighted by molar-refractivity contribution is -0.138. The van der Waals surface area contributed by atoms with Gasteiger partial charge in [0.2, 0.25) is 0 Å². The highest BCUT2D eigenvalue weighted by atomic mass is 32.2. The summed E-state index contributed by atoms with van der Waals surface area (Å²) >= 11 is -2.28. The number of esters is 1. The van der Waals surface area contributed by atoms with Crippen LogP contribution in [0.3, 0.4) is 0 Å². The molecule has 0 N–H and O–H groups in total. The summed E-state index contributed by atoms with van der Waals surface area (Å²) in [5.41, 5.74) is 0. The van der Waals surface area contributed by atoms with Crippen LogP contribution in [0.5, 0.6) is 0 Å². The van der Waals surface area contributed by atoms with Crippen molar-refractivity contribution in [2.24, 2.45) is 0 Å². The van der Waals surface area contributed by atoms with Gasteiger partial charge in [-0.3, -0.25) is 9.00 Å². The van der Waals surface area contributed by atoms with E-state index in [4.69, 9.17) is 0 Å². The van der Waals surface area contributed by atoms with Gasteiger partial charge in [0.1, 0.15) is 0 Å². The molecule has 0 amide bonds. The van der Waals surface area contributed by atoms with Crippen molar-refractivity contribution in [3.8, 4) is 0 Å². The van der Waals surface area contributed by atoms with Crippen LogP contribution < -0.4 is 0 Å². The van der Waals surface area contributed by atoms with E-state index in [0.717, 1.165) is 6.92 Å². The second-order valence-corrected chi connectivity index (χ2v) is 1.90. The van der Waals surface area contributed by atoms with Crippen LogP contribution in [0.1, 0.15) is 6.92 Å². The van der Waals surface area contributed by atoms with Gasteiger partial charge < -0.3 is 9.29 Å². The van der Waals surface area contributed by atoms with Crippen molar-refractivity contribution in [3.05, 3.63) is 0 Å². The summed E-state index contributed by atoms with van der Waals surface area (Å²) in [5, 5.41) is 0. The van der Waals surface area contributed by atoms with Crippen LogP contribution in [0.15, 0.2) is 0 Å². The van der Waals surface area contributed by atoms with Crippen LogP contribution in [0, 0.1) is 0 Å². The smallest absolute Gasteiger partial charge is 0.303 e. The molecule has 0 saturated carbocycles. The van der Waals surface area contributed by atoms with Gasteiger partial charge in [0.15, 0.2) is 5.94 Å². The maximum atomic E-state index is 9.85. The van der Waals surface area contributed by atoms with Gasteiger partial charge in [-0.2, -0.15) is 0 Å². The Morgan fingerprint density at radius 3 is 2.50 bits per heavy atom. The molecule has 8 heavy (non-hydrogen) atoms. The van der Waals surface area contributed by atoms with Crippen LogP contribution >= 0.6 is 0 Å². The Hall–Kier alpha value is -0.420. The zero-order valence-corrected chi connectivity index (χ0v) is 5.06. The molecule has 0 saturated heterocycles. The fraction of sp³-hybridized carbons (Fsp3) is 0.667. The molecule has 0 aromatic heterocycles. The third kappa shape index (κ3) is 5.58. The van der Waals surface area contributed by atoms with E-state index in [1.54, 1.807) is 0 Å². The second-order valence-electron chi connectivity index (χ2n) is 1.06. The molecule has 4 nitrogen and oxygen atoms in total. The zero-order valence-electron chi connectivity index (χ0n) is 4.25. The summed E-state index contributed by atoms with van der Waals surface area (Å²) in [6.45, 7) is 1.15. The minimum Gasteiger partial charge on any atom is -0.770 e. The number of carbonyl (C=O) groups excluding carboxylic acids is 1. The standard InChI is InChI=1S/C3H6O4S/c1-3(4)7-2-8(5)6/h2H2,1H3,(H,5,6)/p-1. The topological polar surface area (TPSA) is 66.4 Å². The van der Waals surface area contributed by atoms with Crippen LogP contribution in [-0.2, 0) is 20.6 Å². The normalized spacial score (nSPS) is 12.8. The quantitative estimate of drug-likeness (QED) is 0.376. The highest BCUT2D eigenvalue weighted by molar-refractivity contribution is 7.78. The molecule has 0 aliphatic carbocycles. The molecule has 0 radical (unpaired) electrons. The molecular formula is C3H5O4S-. The molecule has 0 aromatic rings. The van der Waals surface area contributed by atoms with Gasteiger partial charge in [0.25, 0.3) is 0 Å². The average Bonchev–Trinajstić information content (AvgIpc) is 1.61. The van der Waals surface area contributed by atoms with E-state index in [1.807, 2.05) is 0 Å². The first-order chi connectivity index (χ1) is 3.63. The van der Waals surface area contributed by atoms with E-state index < -0.39 is 23.0 Å². The zero-order chi connectivity index (χ0) is 6.57. The van der Waals surface area contributed by atoms with Gasteiger partial charge in [0.05, 0.1) is 0 Å². The summed E-state index contributed by atoms with van der Waals surface area (Å²) in [6.07, 6.45) is 0. The lowest BCUT2D eigenvalue weighted by Crippen LogP contribution is -2.04. The lowest BCUT2D eigenvalue weighted by Gasteiger charge is -2.02. The van der Waals surface area contributed by atoms with Crippen LogP contribution in [0.4, 0.5) is 0 Å². The molecule has 0 aliphatic heterocycles. The number of ether oxygens (including phenoxy) is 1. The van der Waals surface area contributed by atoms with Gasteiger partial charge in [0, 0.05) is 6.92 Å². The molecule has 0 aromatic carbocycles. The predicted octanol–water partition coefficient (Wildman–Crippen LogP) is -0.614. The van der Waals surface area contributed by atoms with Gasteiger partial charge in [-0.05, 0) is 11.1 Å². The maximum absolute atomic E-state index is 9.85. The van der Waals surface area contributed by atoms with Crippen molar-refractivity contribution in [1.29, 1.82) is 0 Å². The van der Waals surface area contributed by atoms with E-state index in [0.29, 0.717) is 0 Å². The Labute approximate surface area is 49.1 Å². The monoisotopic (exact) mass is 137 g/mol. The molecule has 0 rings (SSSR count). The third-order valence-electron chi connectivity index (χ3n) is 0.358. The van der Waals surface area contributed by atoms with Gasteiger partial charge in [-0.1, -0.05) is 0 Å². The Morgan fingerprint density at radius 2 is 2.38 bits per heavy atom. The predicted molar refractivity (Wildman–Crippen MR) is 25.6 cm³/mol. The van der Waals surface area contributed by atoms with Crippen LogP contribution in [0.2, 0.25) is 0 Å². The number of hydrogen-bond acceptors (Lipinski definition) is 4. The number of rotatable bonds is 2. The van der Waals surface area contributed by atoms with Crippen molar-refractivity contribution in [2.45, 2.75) is 6.92 Å². The highest BCUT2D eigenvalue weighted by Crippen LogP contribution is 1.77. The van der Waals surface area contributed by atoms with Gasteiger partial charge >= 0.3 is 5.97 Å². The maximum Gasteiger partial charge on any atom is 0.303 e. The lowest BCUT2D eigenvalue weighted by atomic mass is 10.8. The Balaban J connectivity index is 3.18. The van der Waals surface area contributed by atoms with E-state index >= 15 is 0 Å². The molecule has 5 heteroatoms. The largest absolute Gasteiger partial charge is 0.770 e. The van der Waals surface area contributed by atoms with Crippen molar-refractivity contribution in [2.75, 3.05) is 5.94 Å². The van der Waals surface area contributed by atoms with E-state index in [1.165, 1.54) is 0 Å². The fourth-order valence-corrected chi connectivity index (χ4v) is 0.393. The van der Waals surface area contributed by atoms with Crippen molar-refractivity contribution >= 4 is 17.0 Å². The molecule has 0 spiro atoms. The average molecular weight is 137 g/mol. The fourth-order valence-electron chi connectivity index (χ4n) is 0.131. The van der Waals surface area contributed by atoms with Crippen molar-refractivity contribution < 1.29 is 18.3 Å². The summed E-state index contributed by atoms with van der Waals surface area (Å²) in [6, 6.07) is 0. The Bertz CT molecular complexity index is 95.9. The summed E-state index contributed by atoms with van der Waals surface area (Å²) in [4.78, 5) is 9.85. The molecule has 1 unspecified atom stereocenters. The molecule has 0 heterocycles. The summed E-state index contributed by atoms with van der Waals surface area (Å²) in [5.74, 6) is -1.14. The molecular weight excluding hydrogens is 132 g/mol. The van der Waals surface area contributed by atoms with Crippen LogP contribution in [0.25, 0.3) is 0 Å². The third-order valence-corrected chi connectivity index (χ3v) is 0.669. The SMILES string of the molecule is CC(=O)OCS(=O)[O-]. The minimum atomic E-state index is -2.28. The number of hydrogen-bond donors (Lipinski definition) is 0. The van der Waals surface area contributed by atoms with Gasteiger partial charge in [-0.25, -0.2) is 0 Å². The van der Waals surface area contributed by atoms with E-state index in [9.17, 15) is 13.6 Å². The molecule has 0 bridgehead atoms. The first-order valence-electron chi connectivity index (χ1n) is 1.82. The summed E-state index contributed by atoms with van der Waals surface area (Å²) in [7, 11) is 0. The van der Waals surface area contributed by atoms with E-state index in [-0.39, 0.29) is 0 Å². The van der Waals surface area contributed by atoms with E-state index in [2.05, 4.69) is 4.74 Å². The highest BCUT2D eigenvalue weighted by Gasteiger charge is 1.88. The molecule has 0 fully saturated rings. The molecule has 48 valence electrons. The van der Waals surface area contributed by atoms with Crippen molar-refractivity contribution in [1.82, 2.24) is 0 Å². The first kappa shape index (κ1) is 7.58. The number of carbonyl (C=O) groups is 1. The summed E-state index contributed by atoms with van der Waals surface area (Å²) < 4.78 is 23.3. The Kier molecular flexibility index (Phi) is 3.38. The molecule has 1 atom stereocenters. The first-order valence-corrected chi connectivity index (χ1v) is 3.06. The second kappa shape index (κ2) is 3.57. The van der Waals surface area contributed by atoms with Gasteiger partial charge in [-0.15, -0.1) is 0 Å². The minimum absolute atomic E-state index is 0.546. The van der Waals surface area contributed by atoms with Crippen LogP contribution in [-0.4, -0.2) is 20.7 Å². The van der Waals surface area contributed by atoms with Crippen molar-refractivity contribution in [3.63, 3.8) is 0 Å².